The molecule has 1 atom stereocenters. The molecule has 10 nitrogen and oxygen atoms in total. The largest absolute Gasteiger partial charge is 0.493 e. The fourth-order valence-corrected chi connectivity index (χ4v) is 3.67. The highest BCUT2D eigenvalue weighted by atomic mass is 32.2. The molecule has 0 bridgehead atoms. The molecule has 1 aliphatic heterocycles. The quantitative estimate of drug-likeness (QED) is 0.357. The monoisotopic (exact) mass is 458 g/mol. The summed E-state index contributed by atoms with van der Waals surface area (Å²) in [6, 6.07) is 10.4. The van der Waals surface area contributed by atoms with E-state index in [0.717, 1.165) is 16.7 Å². The highest BCUT2D eigenvalue weighted by Gasteiger charge is 2.35. The lowest BCUT2D eigenvalue weighted by Gasteiger charge is -2.16. The number of para-hydroxylation sites is 1. The number of carbonyl (C=O) groups is 3. The number of hydrogen-bond acceptors (Lipinski definition) is 8. The zero-order chi connectivity index (χ0) is 23.4. The molecule has 2 amide bonds. The summed E-state index contributed by atoms with van der Waals surface area (Å²) in [5.74, 6) is -1.31. The van der Waals surface area contributed by atoms with Crippen LogP contribution in [0.1, 0.15) is 18.1 Å². The summed E-state index contributed by atoms with van der Waals surface area (Å²) in [6.45, 7) is 1.31. The molecular formula is C21H18N2O8S. The van der Waals surface area contributed by atoms with Gasteiger partial charge in [0.25, 0.3) is 16.8 Å². The van der Waals surface area contributed by atoms with E-state index in [1.165, 1.54) is 44.4 Å². The number of carboxylic acid groups (broad SMARTS) is 1. The van der Waals surface area contributed by atoms with Crippen molar-refractivity contribution in [3.8, 4) is 11.5 Å². The van der Waals surface area contributed by atoms with E-state index in [-0.39, 0.29) is 28.6 Å². The number of non-ortho nitro benzene ring substituents is 1. The first-order chi connectivity index (χ1) is 15.2. The smallest absolute Gasteiger partial charge is 0.344 e. The van der Waals surface area contributed by atoms with E-state index >= 15 is 0 Å². The maximum Gasteiger partial charge on any atom is 0.344 e. The van der Waals surface area contributed by atoms with Gasteiger partial charge >= 0.3 is 5.97 Å². The van der Waals surface area contributed by atoms with Crippen molar-refractivity contribution in [3.63, 3.8) is 0 Å². The van der Waals surface area contributed by atoms with E-state index in [2.05, 4.69) is 0 Å². The van der Waals surface area contributed by atoms with Gasteiger partial charge in [-0.25, -0.2) is 4.79 Å². The van der Waals surface area contributed by atoms with Crippen molar-refractivity contribution < 1.29 is 33.9 Å². The first-order valence-corrected chi connectivity index (χ1v) is 10.1. The Kier molecular flexibility index (Phi) is 6.79. The van der Waals surface area contributed by atoms with Crippen LogP contribution in [0.3, 0.4) is 0 Å². The molecule has 3 rings (SSSR count). The Balaban J connectivity index is 1.87. The van der Waals surface area contributed by atoms with Crippen molar-refractivity contribution in [3.05, 3.63) is 68.6 Å². The molecule has 11 heteroatoms. The van der Waals surface area contributed by atoms with Gasteiger partial charge in [0.2, 0.25) is 0 Å². The molecule has 2 aromatic carbocycles. The highest BCUT2D eigenvalue weighted by molar-refractivity contribution is 8.18. The molecule has 0 radical (unpaired) electrons. The fraction of sp³-hybridized carbons (Fsp3) is 0.190. The number of aliphatic carboxylic acids is 1. The van der Waals surface area contributed by atoms with Gasteiger partial charge < -0.3 is 14.6 Å². The number of ether oxygens (including phenoxy) is 2. The van der Waals surface area contributed by atoms with Crippen LogP contribution >= 0.6 is 11.8 Å². The maximum absolute atomic E-state index is 12.8. The number of benzene rings is 2. The van der Waals surface area contributed by atoms with Gasteiger partial charge in [0.1, 0.15) is 0 Å². The zero-order valence-corrected chi connectivity index (χ0v) is 17.8. The molecule has 1 fully saturated rings. The van der Waals surface area contributed by atoms with Crippen molar-refractivity contribution >= 4 is 40.6 Å². The Morgan fingerprint density at radius 3 is 2.53 bits per heavy atom. The van der Waals surface area contributed by atoms with Crippen LogP contribution in [0.5, 0.6) is 11.5 Å². The molecule has 0 saturated carbocycles. The van der Waals surface area contributed by atoms with E-state index < -0.39 is 28.1 Å². The summed E-state index contributed by atoms with van der Waals surface area (Å²) in [4.78, 5) is 47.9. The molecule has 0 unspecified atom stereocenters. The van der Waals surface area contributed by atoms with E-state index in [4.69, 9.17) is 14.6 Å². The van der Waals surface area contributed by atoms with E-state index in [0.29, 0.717) is 11.1 Å². The number of amides is 2. The van der Waals surface area contributed by atoms with Crippen LogP contribution in [0.25, 0.3) is 6.08 Å². The Morgan fingerprint density at radius 1 is 1.25 bits per heavy atom. The average Bonchev–Trinajstić information content (AvgIpc) is 3.02. The number of nitro benzene ring substituents is 1. The lowest BCUT2D eigenvalue weighted by Crippen LogP contribution is -2.27. The van der Waals surface area contributed by atoms with Gasteiger partial charge in [-0.05, 0) is 36.4 Å². The molecule has 0 aliphatic carbocycles. The van der Waals surface area contributed by atoms with Crippen molar-refractivity contribution in [2.75, 3.05) is 7.11 Å². The third-order valence-electron chi connectivity index (χ3n) is 4.52. The molecule has 32 heavy (non-hydrogen) atoms. The van der Waals surface area contributed by atoms with Crippen LogP contribution in [0.15, 0.2) is 47.4 Å². The van der Waals surface area contributed by atoms with Crippen LogP contribution in [0.4, 0.5) is 10.5 Å². The number of imide groups is 1. The van der Waals surface area contributed by atoms with Gasteiger partial charge in [0.05, 0.1) is 23.5 Å². The summed E-state index contributed by atoms with van der Waals surface area (Å²) >= 11 is 0.729. The van der Waals surface area contributed by atoms with Crippen LogP contribution in [-0.2, 0) is 16.1 Å². The summed E-state index contributed by atoms with van der Waals surface area (Å²) in [5.41, 5.74) is 0.835. The van der Waals surface area contributed by atoms with Crippen LogP contribution in [0, 0.1) is 10.1 Å². The number of hydrogen-bond donors (Lipinski definition) is 1. The Labute approximate surface area is 186 Å². The van der Waals surface area contributed by atoms with Crippen molar-refractivity contribution in [2.24, 2.45) is 0 Å². The van der Waals surface area contributed by atoms with E-state index in [1.807, 2.05) is 0 Å². The number of rotatable bonds is 8. The van der Waals surface area contributed by atoms with Gasteiger partial charge in [0, 0.05) is 17.7 Å². The summed E-state index contributed by atoms with van der Waals surface area (Å²) in [7, 11) is 1.40. The second-order valence-electron chi connectivity index (χ2n) is 6.67. The zero-order valence-electron chi connectivity index (χ0n) is 17.0. The number of nitrogens with zero attached hydrogens (tertiary/aromatic N) is 2. The third-order valence-corrected chi connectivity index (χ3v) is 5.43. The second-order valence-corrected chi connectivity index (χ2v) is 7.66. The van der Waals surface area contributed by atoms with Crippen molar-refractivity contribution in [1.82, 2.24) is 4.90 Å². The standard InChI is InChI=1S/C21H18N2O8S/c1-12(20(25)26)31-18-14(4-3-5-16(18)30-2)10-17-19(24)22(21(27)32-17)11-13-6-8-15(9-7-13)23(28)29/h3-10,12H,11H2,1-2H3,(H,25,26)/b17-10-/t12-/m0/s1. The molecule has 0 spiro atoms. The summed E-state index contributed by atoms with van der Waals surface area (Å²) in [5, 5.41) is 19.4. The average molecular weight is 458 g/mol. The number of nitro groups is 1. The van der Waals surface area contributed by atoms with Gasteiger partial charge in [-0.1, -0.05) is 24.3 Å². The lowest BCUT2D eigenvalue weighted by atomic mass is 10.1. The van der Waals surface area contributed by atoms with Crippen molar-refractivity contribution in [2.45, 2.75) is 19.6 Å². The summed E-state index contributed by atoms with van der Waals surface area (Å²) in [6.07, 6.45) is 0.267. The minimum atomic E-state index is -1.18. The second kappa shape index (κ2) is 9.52. The number of methoxy groups -OCH3 is 1. The Hall–Kier alpha value is -3.86. The minimum absolute atomic E-state index is 0.0441. The topological polar surface area (TPSA) is 136 Å². The Bertz CT molecular complexity index is 1110. The van der Waals surface area contributed by atoms with Crippen LogP contribution in [-0.4, -0.2) is 45.3 Å². The number of thioether (sulfide) groups is 1. The van der Waals surface area contributed by atoms with E-state index in [9.17, 15) is 24.5 Å². The molecule has 1 saturated heterocycles. The molecule has 1 aliphatic rings. The molecule has 1 heterocycles. The van der Waals surface area contributed by atoms with Gasteiger partial charge in [-0.15, -0.1) is 0 Å². The first-order valence-electron chi connectivity index (χ1n) is 9.26. The van der Waals surface area contributed by atoms with Crippen molar-refractivity contribution in [1.29, 1.82) is 0 Å². The predicted molar refractivity (Wildman–Crippen MR) is 115 cm³/mol. The molecule has 2 aromatic rings. The SMILES string of the molecule is COc1cccc(/C=C2\SC(=O)N(Cc3ccc([N+](=O)[O-])cc3)C2=O)c1O[C@@H](C)C(=O)O. The number of carboxylic acids is 1. The Morgan fingerprint density at radius 2 is 1.94 bits per heavy atom. The van der Waals surface area contributed by atoms with Gasteiger partial charge in [0.15, 0.2) is 17.6 Å². The van der Waals surface area contributed by atoms with Crippen LogP contribution < -0.4 is 9.47 Å². The van der Waals surface area contributed by atoms with Gasteiger partial charge in [-0.3, -0.25) is 24.6 Å². The van der Waals surface area contributed by atoms with E-state index in [1.54, 1.807) is 18.2 Å². The fourth-order valence-electron chi connectivity index (χ4n) is 2.84. The first kappa shape index (κ1) is 22.8. The lowest BCUT2D eigenvalue weighted by molar-refractivity contribution is -0.384. The number of carbonyl (C=O) groups excluding carboxylic acids is 2. The van der Waals surface area contributed by atoms with Gasteiger partial charge in [-0.2, -0.15) is 0 Å². The molecule has 1 N–H and O–H groups in total. The molecule has 166 valence electrons. The van der Waals surface area contributed by atoms with Crippen LogP contribution in [0.2, 0.25) is 0 Å². The molecular weight excluding hydrogens is 440 g/mol. The molecule has 0 aromatic heterocycles. The minimum Gasteiger partial charge on any atom is -0.493 e. The highest BCUT2D eigenvalue weighted by Crippen LogP contribution is 2.38. The maximum atomic E-state index is 12.8. The normalized spacial score (nSPS) is 15.7. The predicted octanol–water partition coefficient (Wildman–Crippen LogP) is 3.69. The third kappa shape index (κ3) is 4.89. The summed E-state index contributed by atoms with van der Waals surface area (Å²) < 4.78 is 10.8.